The summed E-state index contributed by atoms with van der Waals surface area (Å²) in [5.41, 5.74) is 7.66. The highest BCUT2D eigenvalue weighted by molar-refractivity contribution is 5.87. The van der Waals surface area contributed by atoms with Crippen LogP contribution < -0.4 is 4.90 Å². The minimum Gasteiger partial charge on any atom is -0.310 e. The fourth-order valence-electron chi connectivity index (χ4n) is 5.27. The molecule has 4 aromatic carbocycles. The Labute approximate surface area is 225 Å². The van der Waals surface area contributed by atoms with Gasteiger partial charge in [0.25, 0.3) is 0 Å². The number of benzene rings is 4. The van der Waals surface area contributed by atoms with Crippen molar-refractivity contribution in [1.29, 1.82) is 0 Å². The van der Waals surface area contributed by atoms with Crippen molar-refractivity contribution in [1.82, 2.24) is 15.0 Å². The van der Waals surface area contributed by atoms with Gasteiger partial charge in [-0.15, -0.1) is 0 Å². The molecule has 0 radical (unpaired) electrons. The molecular formula is C34H32N4. The SMILES string of the molecule is CC(C)(C)c1nc(-c2ccccc2)nc(-c2ccc3c(c2)N(c2ccccc2)c2ccccc2C3(C)C)n1. The van der Waals surface area contributed by atoms with E-state index in [1.807, 2.05) is 18.2 Å². The van der Waals surface area contributed by atoms with Gasteiger partial charge in [-0.25, -0.2) is 15.0 Å². The Hall–Kier alpha value is -4.31. The van der Waals surface area contributed by atoms with Crippen molar-refractivity contribution in [3.8, 4) is 22.8 Å². The summed E-state index contributed by atoms with van der Waals surface area (Å²) < 4.78 is 0. The second kappa shape index (κ2) is 8.91. The molecule has 0 bridgehead atoms. The average Bonchev–Trinajstić information content (AvgIpc) is 2.93. The molecule has 0 aliphatic carbocycles. The minimum absolute atomic E-state index is 0.152. The Morgan fingerprint density at radius 2 is 1.16 bits per heavy atom. The van der Waals surface area contributed by atoms with Crippen LogP contribution in [0, 0.1) is 0 Å². The minimum atomic E-state index is -0.216. The van der Waals surface area contributed by atoms with Crippen LogP contribution in [0.2, 0.25) is 0 Å². The topological polar surface area (TPSA) is 41.9 Å². The summed E-state index contributed by atoms with van der Waals surface area (Å²) in [6.07, 6.45) is 0. The first kappa shape index (κ1) is 24.1. The Morgan fingerprint density at radius 3 is 1.84 bits per heavy atom. The van der Waals surface area contributed by atoms with Crippen molar-refractivity contribution >= 4 is 17.1 Å². The smallest absolute Gasteiger partial charge is 0.163 e. The van der Waals surface area contributed by atoms with Gasteiger partial charge in [0.1, 0.15) is 5.82 Å². The average molecular weight is 497 g/mol. The van der Waals surface area contributed by atoms with E-state index in [1.54, 1.807) is 0 Å². The lowest BCUT2D eigenvalue weighted by molar-refractivity contribution is 0.543. The van der Waals surface area contributed by atoms with E-state index in [4.69, 9.17) is 15.0 Å². The molecule has 2 heterocycles. The predicted octanol–water partition coefficient (Wildman–Crippen LogP) is 8.61. The molecule has 0 unspecified atom stereocenters. The third kappa shape index (κ3) is 4.06. The molecule has 4 heteroatoms. The lowest BCUT2D eigenvalue weighted by atomic mass is 9.73. The fourth-order valence-corrected chi connectivity index (χ4v) is 5.27. The normalized spacial score (nSPS) is 14.1. The summed E-state index contributed by atoms with van der Waals surface area (Å²) >= 11 is 0. The van der Waals surface area contributed by atoms with Crippen LogP contribution >= 0.6 is 0 Å². The monoisotopic (exact) mass is 496 g/mol. The maximum atomic E-state index is 4.99. The molecule has 1 aromatic heterocycles. The van der Waals surface area contributed by atoms with E-state index in [9.17, 15) is 0 Å². The summed E-state index contributed by atoms with van der Waals surface area (Å²) in [5, 5.41) is 0. The Bertz CT molecular complexity index is 1620. The zero-order valence-corrected chi connectivity index (χ0v) is 22.6. The van der Waals surface area contributed by atoms with Crippen molar-refractivity contribution < 1.29 is 0 Å². The molecule has 38 heavy (non-hydrogen) atoms. The second-order valence-corrected chi connectivity index (χ2v) is 11.5. The van der Waals surface area contributed by atoms with Crippen LogP contribution in [-0.4, -0.2) is 15.0 Å². The largest absolute Gasteiger partial charge is 0.310 e. The number of nitrogens with zero attached hydrogens (tertiary/aromatic N) is 4. The maximum Gasteiger partial charge on any atom is 0.163 e. The Kier molecular flexibility index (Phi) is 5.64. The molecule has 4 nitrogen and oxygen atoms in total. The van der Waals surface area contributed by atoms with Crippen molar-refractivity contribution in [2.75, 3.05) is 4.90 Å². The van der Waals surface area contributed by atoms with Crippen LogP contribution in [0.5, 0.6) is 0 Å². The standard InChI is InChI=1S/C34H32N4/c1-33(2,3)32-36-30(23-14-8-6-9-15-23)35-31(37-32)24-20-21-27-29(22-24)38(25-16-10-7-11-17-25)28-19-13-12-18-26(28)34(27,4)5/h6-22H,1-5H3. The predicted molar refractivity (Wildman–Crippen MR) is 156 cm³/mol. The molecule has 0 saturated carbocycles. The van der Waals surface area contributed by atoms with Crippen LogP contribution in [0.25, 0.3) is 22.8 Å². The highest BCUT2D eigenvalue weighted by Crippen LogP contribution is 2.52. The van der Waals surface area contributed by atoms with Crippen LogP contribution in [0.1, 0.15) is 51.6 Å². The van der Waals surface area contributed by atoms with E-state index in [0.717, 1.165) is 28.3 Å². The van der Waals surface area contributed by atoms with Gasteiger partial charge in [-0.05, 0) is 35.4 Å². The lowest BCUT2D eigenvalue weighted by Crippen LogP contribution is -2.30. The number of aromatic nitrogens is 3. The molecule has 0 atom stereocenters. The first-order chi connectivity index (χ1) is 18.2. The van der Waals surface area contributed by atoms with Gasteiger partial charge in [-0.1, -0.05) is 113 Å². The van der Waals surface area contributed by atoms with E-state index in [0.29, 0.717) is 11.6 Å². The number of fused-ring (bicyclic) bond motifs is 2. The van der Waals surface area contributed by atoms with Gasteiger partial charge < -0.3 is 4.90 Å². The zero-order chi connectivity index (χ0) is 26.5. The second-order valence-electron chi connectivity index (χ2n) is 11.5. The third-order valence-corrected chi connectivity index (χ3v) is 7.34. The van der Waals surface area contributed by atoms with Crippen molar-refractivity contribution in [2.24, 2.45) is 0 Å². The summed E-state index contributed by atoms with van der Waals surface area (Å²) in [6, 6.07) is 36.1. The molecule has 0 saturated heterocycles. The molecule has 188 valence electrons. The molecule has 6 rings (SSSR count). The summed E-state index contributed by atoms with van der Waals surface area (Å²) in [6.45, 7) is 11.0. The summed E-state index contributed by atoms with van der Waals surface area (Å²) in [7, 11) is 0. The third-order valence-electron chi connectivity index (χ3n) is 7.34. The highest BCUT2D eigenvalue weighted by Gasteiger charge is 2.37. The fraction of sp³-hybridized carbons (Fsp3) is 0.206. The molecule has 0 spiro atoms. The van der Waals surface area contributed by atoms with Crippen molar-refractivity contribution in [3.05, 3.63) is 120 Å². The first-order valence-corrected chi connectivity index (χ1v) is 13.1. The molecule has 0 amide bonds. The van der Waals surface area contributed by atoms with Crippen molar-refractivity contribution in [3.63, 3.8) is 0 Å². The van der Waals surface area contributed by atoms with E-state index in [-0.39, 0.29) is 10.8 Å². The van der Waals surface area contributed by atoms with Crippen LogP contribution in [0.3, 0.4) is 0 Å². The van der Waals surface area contributed by atoms with Gasteiger partial charge in [-0.2, -0.15) is 0 Å². The Balaban J connectivity index is 1.58. The van der Waals surface area contributed by atoms with Gasteiger partial charge >= 0.3 is 0 Å². The number of anilines is 3. The molecule has 0 N–H and O–H groups in total. The Morgan fingerprint density at radius 1 is 0.579 bits per heavy atom. The number of hydrogen-bond donors (Lipinski definition) is 0. The number of hydrogen-bond acceptors (Lipinski definition) is 4. The van der Waals surface area contributed by atoms with Crippen molar-refractivity contribution in [2.45, 2.75) is 45.4 Å². The first-order valence-electron chi connectivity index (χ1n) is 13.1. The van der Waals surface area contributed by atoms with E-state index >= 15 is 0 Å². The van der Waals surface area contributed by atoms with Crippen LogP contribution in [0.15, 0.2) is 103 Å². The summed E-state index contributed by atoms with van der Waals surface area (Å²) in [4.78, 5) is 17.2. The number of para-hydroxylation sites is 2. The van der Waals surface area contributed by atoms with E-state index in [1.165, 1.54) is 16.8 Å². The molecular weight excluding hydrogens is 464 g/mol. The van der Waals surface area contributed by atoms with Gasteiger partial charge in [0.15, 0.2) is 11.6 Å². The molecule has 5 aromatic rings. The quantitative estimate of drug-likeness (QED) is 0.251. The summed E-state index contributed by atoms with van der Waals surface area (Å²) in [5.74, 6) is 2.17. The van der Waals surface area contributed by atoms with Gasteiger partial charge in [-0.3, -0.25) is 0 Å². The van der Waals surface area contributed by atoms with E-state index in [2.05, 4.69) is 124 Å². The van der Waals surface area contributed by atoms with E-state index < -0.39 is 0 Å². The lowest BCUT2D eigenvalue weighted by Gasteiger charge is -2.42. The molecule has 0 fully saturated rings. The zero-order valence-electron chi connectivity index (χ0n) is 22.6. The number of rotatable bonds is 3. The maximum absolute atomic E-state index is 4.99. The van der Waals surface area contributed by atoms with Crippen LogP contribution in [0.4, 0.5) is 17.1 Å². The highest BCUT2D eigenvalue weighted by atomic mass is 15.2. The van der Waals surface area contributed by atoms with Gasteiger partial charge in [0.05, 0.1) is 11.4 Å². The van der Waals surface area contributed by atoms with Gasteiger partial charge in [0, 0.05) is 27.6 Å². The molecule has 1 aliphatic heterocycles. The molecule has 1 aliphatic rings. The van der Waals surface area contributed by atoms with Gasteiger partial charge in [0.2, 0.25) is 0 Å². The van der Waals surface area contributed by atoms with Crippen LogP contribution in [-0.2, 0) is 10.8 Å².